The standard InChI is InChI=1S/C14H19ClN2O2.C12H21NO4/c1-3-4-5-13(18)9(2)17-14(19)10-6-7-12(16)11(15)8-10;1-3-4-5-6-9(2)12(17)13-10(8-14)7-11(15)16/h6-9H,3-5,16H2,1-2H3,(H,17,19);8-10H,3-7H2,1-2H3,(H,13,17)(H,15,16)/t9-;9-,10-/m00/s1. The molecule has 36 heavy (non-hydrogen) atoms. The van der Waals surface area contributed by atoms with Crippen molar-refractivity contribution in [3.8, 4) is 0 Å². The summed E-state index contributed by atoms with van der Waals surface area (Å²) in [5.74, 6) is -1.81. The summed E-state index contributed by atoms with van der Waals surface area (Å²) in [6, 6.07) is 3.24. The number of carbonyl (C=O) groups is 5. The third kappa shape index (κ3) is 13.8. The molecule has 5 N–H and O–H groups in total. The SMILES string of the molecule is CCCCC(=O)[C@H](C)NC(=O)c1ccc(N)c(Cl)c1.CCCCC[C@H](C)C(=O)N[C@H](C=O)CC(=O)O. The quantitative estimate of drug-likeness (QED) is 0.152. The summed E-state index contributed by atoms with van der Waals surface area (Å²) in [5, 5.41) is 14.0. The zero-order chi connectivity index (χ0) is 27.7. The lowest BCUT2D eigenvalue weighted by Crippen LogP contribution is -2.40. The fourth-order valence-corrected chi connectivity index (χ4v) is 3.25. The number of ketones is 1. The van der Waals surface area contributed by atoms with Crippen LogP contribution in [0.1, 0.15) is 89.4 Å². The van der Waals surface area contributed by atoms with Gasteiger partial charge in [0.15, 0.2) is 5.78 Å². The molecule has 9 nitrogen and oxygen atoms in total. The van der Waals surface area contributed by atoms with Gasteiger partial charge in [0, 0.05) is 17.9 Å². The molecular formula is C26H40ClN3O6. The van der Waals surface area contributed by atoms with Gasteiger partial charge in [-0.05, 0) is 38.0 Å². The number of amides is 2. The number of carboxylic acids is 1. The second-order valence-electron chi connectivity index (χ2n) is 8.75. The maximum Gasteiger partial charge on any atom is 0.305 e. The molecular weight excluding hydrogens is 486 g/mol. The first kappa shape index (κ1) is 33.1. The lowest BCUT2D eigenvalue weighted by molar-refractivity contribution is -0.139. The fourth-order valence-electron chi connectivity index (χ4n) is 3.07. The van der Waals surface area contributed by atoms with E-state index in [1.807, 2.05) is 6.92 Å². The topological polar surface area (TPSA) is 156 Å². The number of hydrogen-bond acceptors (Lipinski definition) is 6. The summed E-state index contributed by atoms with van der Waals surface area (Å²) in [4.78, 5) is 56.3. The highest BCUT2D eigenvalue weighted by Crippen LogP contribution is 2.19. The van der Waals surface area contributed by atoms with E-state index in [1.165, 1.54) is 6.07 Å². The van der Waals surface area contributed by atoms with Crippen molar-refractivity contribution in [2.45, 2.75) is 91.1 Å². The molecule has 1 rings (SSSR count). The maximum absolute atomic E-state index is 11.9. The minimum atomic E-state index is -1.10. The van der Waals surface area contributed by atoms with Crippen molar-refractivity contribution in [1.29, 1.82) is 0 Å². The summed E-state index contributed by atoms with van der Waals surface area (Å²) >= 11 is 5.85. The Morgan fingerprint density at radius 2 is 1.69 bits per heavy atom. The van der Waals surface area contributed by atoms with Crippen molar-refractivity contribution in [3.63, 3.8) is 0 Å². The molecule has 0 spiro atoms. The number of aldehydes is 1. The van der Waals surface area contributed by atoms with Crippen molar-refractivity contribution >= 4 is 47.1 Å². The van der Waals surface area contributed by atoms with Crippen molar-refractivity contribution < 1.29 is 29.1 Å². The third-order valence-electron chi connectivity index (χ3n) is 5.44. The smallest absolute Gasteiger partial charge is 0.305 e. The van der Waals surface area contributed by atoms with Crippen LogP contribution in [0.3, 0.4) is 0 Å². The number of carbonyl (C=O) groups excluding carboxylic acids is 4. The Morgan fingerprint density at radius 1 is 1.06 bits per heavy atom. The number of benzene rings is 1. The van der Waals surface area contributed by atoms with Crippen molar-refractivity contribution in [3.05, 3.63) is 28.8 Å². The van der Waals surface area contributed by atoms with Gasteiger partial charge in [0.25, 0.3) is 5.91 Å². The normalized spacial score (nSPS) is 12.8. The largest absolute Gasteiger partial charge is 0.481 e. The second-order valence-corrected chi connectivity index (χ2v) is 9.15. The maximum atomic E-state index is 11.9. The molecule has 0 unspecified atom stereocenters. The van der Waals surface area contributed by atoms with E-state index >= 15 is 0 Å². The van der Waals surface area contributed by atoms with E-state index in [2.05, 4.69) is 17.6 Å². The molecule has 0 bridgehead atoms. The van der Waals surface area contributed by atoms with Crippen LogP contribution in [0.15, 0.2) is 18.2 Å². The van der Waals surface area contributed by atoms with Crippen molar-refractivity contribution in [2.24, 2.45) is 5.92 Å². The second kappa shape index (κ2) is 18.3. The van der Waals surface area contributed by atoms with E-state index in [0.29, 0.717) is 29.0 Å². The summed E-state index contributed by atoms with van der Waals surface area (Å²) in [7, 11) is 0. The van der Waals surface area contributed by atoms with Crippen LogP contribution in [0.2, 0.25) is 5.02 Å². The summed E-state index contributed by atoms with van der Waals surface area (Å²) in [6.45, 7) is 7.58. The van der Waals surface area contributed by atoms with Gasteiger partial charge in [-0.2, -0.15) is 0 Å². The van der Waals surface area contributed by atoms with Crippen LogP contribution in [-0.2, 0) is 19.2 Å². The van der Waals surface area contributed by atoms with Crippen LogP contribution in [-0.4, -0.2) is 47.0 Å². The molecule has 0 aromatic heterocycles. The number of nitrogens with one attached hydrogen (secondary N) is 2. The van der Waals surface area contributed by atoms with E-state index in [0.717, 1.165) is 38.5 Å². The fraction of sp³-hybridized carbons (Fsp3) is 0.577. The van der Waals surface area contributed by atoms with Gasteiger partial charge >= 0.3 is 5.97 Å². The summed E-state index contributed by atoms with van der Waals surface area (Å²) in [5.41, 5.74) is 6.39. The Labute approximate surface area is 218 Å². The first-order valence-electron chi connectivity index (χ1n) is 12.3. The number of rotatable bonds is 15. The third-order valence-corrected chi connectivity index (χ3v) is 5.77. The first-order chi connectivity index (χ1) is 17.0. The molecule has 1 aromatic carbocycles. The monoisotopic (exact) mass is 525 g/mol. The lowest BCUT2D eigenvalue weighted by atomic mass is 10.0. The van der Waals surface area contributed by atoms with Crippen LogP contribution in [0.5, 0.6) is 0 Å². The predicted octanol–water partition coefficient (Wildman–Crippen LogP) is 4.16. The molecule has 202 valence electrons. The number of unbranched alkanes of at least 4 members (excludes halogenated alkanes) is 3. The van der Waals surface area contributed by atoms with Crippen LogP contribution in [0.4, 0.5) is 5.69 Å². The van der Waals surface area contributed by atoms with E-state index in [4.69, 9.17) is 22.4 Å². The zero-order valence-corrected chi connectivity index (χ0v) is 22.4. The number of carboxylic acid groups (broad SMARTS) is 1. The number of halogens is 1. The van der Waals surface area contributed by atoms with E-state index in [-0.39, 0.29) is 29.9 Å². The number of aliphatic carboxylic acids is 1. The zero-order valence-electron chi connectivity index (χ0n) is 21.6. The molecule has 0 aliphatic rings. The molecule has 0 aliphatic heterocycles. The van der Waals surface area contributed by atoms with Gasteiger partial charge < -0.3 is 26.3 Å². The number of nitrogen functional groups attached to an aromatic ring is 1. The Morgan fingerprint density at radius 3 is 2.22 bits per heavy atom. The molecule has 0 saturated carbocycles. The van der Waals surface area contributed by atoms with E-state index in [1.54, 1.807) is 26.0 Å². The molecule has 0 heterocycles. The van der Waals surface area contributed by atoms with E-state index in [9.17, 15) is 24.0 Å². The lowest BCUT2D eigenvalue weighted by Gasteiger charge is -2.15. The minimum Gasteiger partial charge on any atom is -0.481 e. The highest BCUT2D eigenvalue weighted by Gasteiger charge is 2.19. The summed E-state index contributed by atoms with van der Waals surface area (Å²) < 4.78 is 0. The molecule has 0 saturated heterocycles. The molecule has 10 heteroatoms. The molecule has 1 aromatic rings. The van der Waals surface area contributed by atoms with Gasteiger partial charge in [-0.25, -0.2) is 0 Å². The van der Waals surface area contributed by atoms with Gasteiger partial charge in [-0.15, -0.1) is 0 Å². The Kier molecular flexibility index (Phi) is 16.8. The molecule has 0 fully saturated rings. The Bertz CT molecular complexity index is 877. The average Bonchev–Trinajstić information content (AvgIpc) is 2.83. The minimum absolute atomic E-state index is 0.0386. The van der Waals surface area contributed by atoms with Gasteiger partial charge in [-0.3, -0.25) is 19.2 Å². The van der Waals surface area contributed by atoms with Gasteiger partial charge in [0.05, 0.1) is 29.2 Å². The van der Waals surface area contributed by atoms with E-state index < -0.39 is 18.1 Å². The van der Waals surface area contributed by atoms with Gasteiger partial charge in [0.1, 0.15) is 6.29 Å². The van der Waals surface area contributed by atoms with Gasteiger partial charge in [0.2, 0.25) is 5.91 Å². The highest BCUT2D eigenvalue weighted by atomic mass is 35.5. The van der Waals surface area contributed by atoms with Crippen LogP contribution in [0.25, 0.3) is 0 Å². The number of Topliss-reactive ketones (excluding diaryl/α,β-unsaturated/α-hetero) is 1. The number of anilines is 1. The first-order valence-corrected chi connectivity index (χ1v) is 12.7. The average molecular weight is 526 g/mol. The van der Waals surface area contributed by atoms with Crippen LogP contribution < -0.4 is 16.4 Å². The van der Waals surface area contributed by atoms with Crippen molar-refractivity contribution in [2.75, 3.05) is 5.73 Å². The number of nitrogens with two attached hydrogens (primary N) is 1. The molecule has 0 radical (unpaired) electrons. The highest BCUT2D eigenvalue weighted by molar-refractivity contribution is 6.33. The Hall–Kier alpha value is -2.94. The summed E-state index contributed by atoms with van der Waals surface area (Å²) in [6.07, 6.45) is 6.27. The van der Waals surface area contributed by atoms with Gasteiger partial charge in [-0.1, -0.05) is 58.1 Å². The molecule has 3 atom stereocenters. The Balaban J connectivity index is 0.000000686. The predicted molar refractivity (Wildman–Crippen MR) is 141 cm³/mol. The van der Waals surface area contributed by atoms with Crippen LogP contribution >= 0.6 is 11.6 Å². The van der Waals surface area contributed by atoms with Crippen LogP contribution in [0, 0.1) is 5.92 Å². The number of hydrogen-bond donors (Lipinski definition) is 4. The molecule has 2 amide bonds. The van der Waals surface area contributed by atoms with Crippen molar-refractivity contribution in [1.82, 2.24) is 10.6 Å². The molecule has 0 aliphatic carbocycles.